The summed E-state index contributed by atoms with van der Waals surface area (Å²) in [5.74, 6) is 0.182. The maximum atomic E-state index is 13.1. The van der Waals surface area contributed by atoms with Gasteiger partial charge in [0.1, 0.15) is 6.04 Å². The third-order valence-corrected chi connectivity index (χ3v) is 6.13. The molecule has 1 aromatic rings. The predicted molar refractivity (Wildman–Crippen MR) is 108 cm³/mol. The highest BCUT2D eigenvalue weighted by molar-refractivity contribution is 5.95. The number of hydrogen-bond donors (Lipinski definition) is 1. The van der Waals surface area contributed by atoms with E-state index >= 15 is 0 Å². The molecule has 7 nitrogen and oxygen atoms in total. The molecule has 0 unspecified atom stereocenters. The summed E-state index contributed by atoms with van der Waals surface area (Å²) < 4.78 is 0. The Bertz CT molecular complexity index is 842. The van der Waals surface area contributed by atoms with Crippen LogP contribution in [0.1, 0.15) is 59.8 Å². The lowest BCUT2D eigenvalue weighted by Gasteiger charge is -2.34. The maximum Gasteiger partial charge on any atom is 0.256 e. The Balaban J connectivity index is 1.46. The average molecular weight is 396 g/mol. The number of likely N-dealkylation sites (tertiary alicyclic amines) is 1. The smallest absolute Gasteiger partial charge is 0.256 e. The van der Waals surface area contributed by atoms with Crippen molar-refractivity contribution >= 4 is 17.7 Å². The van der Waals surface area contributed by atoms with Crippen LogP contribution in [0.5, 0.6) is 0 Å². The van der Waals surface area contributed by atoms with Gasteiger partial charge >= 0.3 is 0 Å². The molecule has 7 heteroatoms. The van der Waals surface area contributed by atoms with E-state index in [-0.39, 0.29) is 29.7 Å². The summed E-state index contributed by atoms with van der Waals surface area (Å²) in [4.78, 5) is 45.6. The van der Waals surface area contributed by atoms with Gasteiger partial charge in [0.25, 0.3) is 5.91 Å². The summed E-state index contributed by atoms with van der Waals surface area (Å²) in [6, 6.07) is 3.43. The van der Waals surface area contributed by atoms with Gasteiger partial charge in [0.05, 0.1) is 11.3 Å². The second-order valence-electron chi connectivity index (χ2n) is 8.16. The van der Waals surface area contributed by atoms with Gasteiger partial charge < -0.3 is 15.1 Å². The van der Waals surface area contributed by atoms with Crippen LogP contribution in [0, 0.1) is 6.92 Å². The fourth-order valence-corrected chi connectivity index (χ4v) is 4.46. The quantitative estimate of drug-likeness (QED) is 0.790. The molecule has 0 radical (unpaired) electrons. The number of piperidine rings is 1. The number of amides is 3. The summed E-state index contributed by atoms with van der Waals surface area (Å²) in [6.07, 6.45) is 7.61. The van der Waals surface area contributed by atoms with E-state index in [2.05, 4.69) is 11.4 Å². The van der Waals surface area contributed by atoms with Crippen molar-refractivity contribution in [2.75, 3.05) is 26.2 Å². The van der Waals surface area contributed by atoms with Gasteiger partial charge in [-0.15, -0.1) is 0 Å². The second-order valence-corrected chi connectivity index (χ2v) is 8.16. The van der Waals surface area contributed by atoms with Crippen LogP contribution in [0.4, 0.5) is 0 Å². The first-order valence-electron chi connectivity index (χ1n) is 10.5. The molecule has 154 valence electrons. The van der Waals surface area contributed by atoms with Gasteiger partial charge in [0.15, 0.2) is 0 Å². The van der Waals surface area contributed by atoms with Crippen molar-refractivity contribution in [3.05, 3.63) is 41.2 Å². The van der Waals surface area contributed by atoms with Crippen LogP contribution >= 0.6 is 0 Å². The van der Waals surface area contributed by atoms with Crippen LogP contribution in [-0.2, 0) is 9.59 Å². The standard InChI is InChI=1S/C22H28N4O3/c1-15-5-6-17(21(28)25-11-3-2-4-12-25)20(23-15)16-9-13-26(14-10-16)22(29)18-7-8-19(27)24-18/h2-3,5-6,16,18H,4,7-14H2,1H3,(H,24,27)/t18-/m0/s1. The van der Waals surface area contributed by atoms with E-state index in [9.17, 15) is 14.4 Å². The van der Waals surface area contributed by atoms with Crippen molar-refractivity contribution in [3.8, 4) is 0 Å². The molecule has 3 aliphatic heterocycles. The number of nitrogens with one attached hydrogen (secondary N) is 1. The maximum absolute atomic E-state index is 13.1. The van der Waals surface area contributed by atoms with Crippen LogP contribution in [0.25, 0.3) is 0 Å². The van der Waals surface area contributed by atoms with E-state index in [1.807, 2.05) is 34.9 Å². The molecule has 2 fully saturated rings. The zero-order valence-electron chi connectivity index (χ0n) is 16.9. The summed E-state index contributed by atoms with van der Waals surface area (Å²) in [5.41, 5.74) is 2.46. The van der Waals surface area contributed by atoms with Crippen molar-refractivity contribution in [3.63, 3.8) is 0 Å². The molecule has 4 rings (SSSR count). The van der Waals surface area contributed by atoms with E-state index in [0.29, 0.717) is 38.0 Å². The lowest BCUT2D eigenvalue weighted by molar-refractivity contribution is -0.135. The van der Waals surface area contributed by atoms with E-state index in [4.69, 9.17) is 4.98 Å². The monoisotopic (exact) mass is 396 g/mol. The van der Waals surface area contributed by atoms with Gasteiger partial charge in [-0.05, 0) is 44.7 Å². The number of pyridine rings is 1. The van der Waals surface area contributed by atoms with Crippen molar-refractivity contribution in [1.29, 1.82) is 0 Å². The molecule has 4 heterocycles. The van der Waals surface area contributed by atoms with E-state index in [1.54, 1.807) is 0 Å². The first kappa shape index (κ1) is 19.6. The summed E-state index contributed by atoms with van der Waals surface area (Å²) >= 11 is 0. The number of nitrogens with zero attached hydrogens (tertiary/aromatic N) is 3. The minimum Gasteiger partial charge on any atom is -0.344 e. The molecule has 0 aromatic carbocycles. The summed E-state index contributed by atoms with van der Waals surface area (Å²) in [7, 11) is 0. The number of rotatable bonds is 3. The first-order valence-corrected chi connectivity index (χ1v) is 10.5. The Morgan fingerprint density at radius 1 is 1.07 bits per heavy atom. The molecule has 3 amide bonds. The number of aryl methyl sites for hydroxylation is 1. The molecule has 2 saturated heterocycles. The normalized spacial score (nSPS) is 22.7. The number of hydrogen-bond acceptors (Lipinski definition) is 4. The van der Waals surface area contributed by atoms with Gasteiger partial charge in [-0.2, -0.15) is 0 Å². The SMILES string of the molecule is Cc1ccc(C(=O)N2CC=CCC2)c(C2CCN(C(=O)[C@@H]3CCC(=O)N3)CC2)n1. The third-order valence-electron chi connectivity index (χ3n) is 6.13. The second kappa shape index (κ2) is 8.35. The van der Waals surface area contributed by atoms with Gasteiger partial charge in [-0.25, -0.2) is 0 Å². The highest BCUT2D eigenvalue weighted by Crippen LogP contribution is 2.31. The zero-order valence-corrected chi connectivity index (χ0v) is 16.9. The molecule has 0 aliphatic carbocycles. The van der Waals surface area contributed by atoms with Crippen molar-refractivity contribution < 1.29 is 14.4 Å². The summed E-state index contributed by atoms with van der Waals surface area (Å²) in [5, 5.41) is 2.76. The molecular formula is C22H28N4O3. The van der Waals surface area contributed by atoms with Crippen LogP contribution < -0.4 is 5.32 Å². The number of carbonyl (C=O) groups excluding carboxylic acids is 3. The van der Waals surface area contributed by atoms with Crippen LogP contribution in [0.3, 0.4) is 0 Å². The molecular weight excluding hydrogens is 368 g/mol. The topological polar surface area (TPSA) is 82.6 Å². The van der Waals surface area contributed by atoms with Crippen LogP contribution in [0.15, 0.2) is 24.3 Å². The van der Waals surface area contributed by atoms with Gasteiger partial charge in [-0.3, -0.25) is 19.4 Å². The Kier molecular flexibility index (Phi) is 5.65. The van der Waals surface area contributed by atoms with E-state index in [0.717, 1.165) is 37.2 Å². The number of aromatic nitrogens is 1. The molecule has 0 spiro atoms. The third kappa shape index (κ3) is 4.18. The van der Waals surface area contributed by atoms with Gasteiger partial charge in [0.2, 0.25) is 11.8 Å². The average Bonchev–Trinajstić information content (AvgIpc) is 3.20. The van der Waals surface area contributed by atoms with Crippen LogP contribution in [-0.4, -0.2) is 64.7 Å². The Hall–Kier alpha value is -2.70. The molecule has 1 N–H and O–H groups in total. The molecule has 1 atom stereocenters. The molecule has 0 bridgehead atoms. The minimum absolute atomic E-state index is 0.0166. The largest absolute Gasteiger partial charge is 0.344 e. The minimum atomic E-state index is -0.375. The van der Waals surface area contributed by atoms with Gasteiger partial charge in [0, 0.05) is 44.2 Å². The lowest BCUT2D eigenvalue weighted by atomic mass is 9.89. The van der Waals surface area contributed by atoms with E-state index < -0.39 is 0 Å². The Morgan fingerprint density at radius 2 is 1.86 bits per heavy atom. The predicted octanol–water partition coefficient (Wildman–Crippen LogP) is 1.78. The molecule has 0 saturated carbocycles. The van der Waals surface area contributed by atoms with Crippen molar-refractivity contribution in [2.24, 2.45) is 0 Å². The van der Waals surface area contributed by atoms with Crippen molar-refractivity contribution in [2.45, 2.75) is 51.0 Å². The fourth-order valence-electron chi connectivity index (χ4n) is 4.46. The zero-order chi connectivity index (χ0) is 20.4. The Labute approximate surface area is 171 Å². The van der Waals surface area contributed by atoms with Gasteiger partial charge in [-0.1, -0.05) is 12.2 Å². The first-order chi connectivity index (χ1) is 14.0. The Morgan fingerprint density at radius 3 is 2.52 bits per heavy atom. The molecule has 29 heavy (non-hydrogen) atoms. The van der Waals surface area contributed by atoms with Crippen LogP contribution in [0.2, 0.25) is 0 Å². The molecule has 3 aliphatic rings. The number of carbonyl (C=O) groups is 3. The molecule has 1 aromatic heterocycles. The fraction of sp³-hybridized carbons (Fsp3) is 0.545. The van der Waals surface area contributed by atoms with E-state index in [1.165, 1.54) is 0 Å². The van der Waals surface area contributed by atoms with Crippen molar-refractivity contribution in [1.82, 2.24) is 20.1 Å². The highest BCUT2D eigenvalue weighted by Gasteiger charge is 2.34. The summed E-state index contributed by atoms with van der Waals surface area (Å²) in [6.45, 7) is 4.59. The highest BCUT2D eigenvalue weighted by atomic mass is 16.2. The lowest BCUT2D eigenvalue weighted by Crippen LogP contribution is -2.47.